The Labute approximate surface area is 139 Å². The lowest BCUT2D eigenvalue weighted by molar-refractivity contribution is -0.124. The van der Waals surface area contributed by atoms with Crippen molar-refractivity contribution < 1.29 is 14.3 Å². The van der Waals surface area contributed by atoms with Crippen molar-refractivity contribution in [3.05, 3.63) is 0 Å². The first-order valence-corrected chi connectivity index (χ1v) is 6.89. The van der Waals surface area contributed by atoms with Crippen LogP contribution >= 0.6 is 24.8 Å². The molecule has 0 radical (unpaired) electrons. The molecule has 21 heavy (non-hydrogen) atoms. The van der Waals surface area contributed by atoms with Crippen molar-refractivity contribution in [3.8, 4) is 0 Å². The van der Waals surface area contributed by atoms with Gasteiger partial charge < -0.3 is 20.5 Å². The smallest absolute Gasteiger partial charge is 0.239 e. The van der Waals surface area contributed by atoms with Gasteiger partial charge in [-0.2, -0.15) is 0 Å². The van der Waals surface area contributed by atoms with Crippen LogP contribution in [0.5, 0.6) is 0 Å². The summed E-state index contributed by atoms with van der Waals surface area (Å²) in [6.45, 7) is 8.76. The molecule has 0 aliphatic carbocycles. The van der Waals surface area contributed by atoms with Gasteiger partial charge in [-0.25, -0.2) is 0 Å². The summed E-state index contributed by atoms with van der Waals surface area (Å²) in [5.74, 6) is 0.454. The van der Waals surface area contributed by atoms with Gasteiger partial charge in [0.05, 0.1) is 19.3 Å². The van der Waals surface area contributed by atoms with Crippen LogP contribution in [0.2, 0.25) is 0 Å². The molecule has 128 valence electrons. The highest BCUT2D eigenvalue weighted by Gasteiger charge is 2.22. The van der Waals surface area contributed by atoms with Crippen LogP contribution in [0.1, 0.15) is 13.8 Å². The standard InChI is InChI=1S/C13H27N3O3.2ClH/c1-10(2)7-16-4-5-19-11(8-16)6-15-13(17)12(14)9-18-3;;/h10-12H,4-9,14H2,1-3H3,(H,15,17);2*1H. The Hall–Kier alpha value is -0.110. The summed E-state index contributed by atoms with van der Waals surface area (Å²) in [5, 5.41) is 2.82. The largest absolute Gasteiger partial charge is 0.383 e. The van der Waals surface area contributed by atoms with Crippen molar-refractivity contribution in [1.82, 2.24) is 10.2 Å². The van der Waals surface area contributed by atoms with Crippen molar-refractivity contribution in [3.63, 3.8) is 0 Å². The molecule has 3 N–H and O–H groups in total. The zero-order valence-electron chi connectivity index (χ0n) is 13.0. The van der Waals surface area contributed by atoms with E-state index in [4.69, 9.17) is 15.2 Å². The van der Waals surface area contributed by atoms with E-state index in [0.717, 1.165) is 26.2 Å². The van der Waals surface area contributed by atoms with E-state index in [0.29, 0.717) is 12.5 Å². The molecular weight excluding hydrogens is 317 g/mol. The van der Waals surface area contributed by atoms with Gasteiger partial charge in [0.15, 0.2) is 0 Å². The van der Waals surface area contributed by atoms with Crippen LogP contribution in [0.4, 0.5) is 0 Å². The molecule has 2 atom stereocenters. The van der Waals surface area contributed by atoms with Gasteiger partial charge >= 0.3 is 0 Å². The zero-order chi connectivity index (χ0) is 14.3. The van der Waals surface area contributed by atoms with Crippen LogP contribution < -0.4 is 11.1 Å². The molecule has 1 amide bonds. The molecule has 1 heterocycles. The Morgan fingerprint density at radius 1 is 1.48 bits per heavy atom. The number of carbonyl (C=O) groups is 1. The summed E-state index contributed by atoms with van der Waals surface area (Å²) >= 11 is 0. The minimum atomic E-state index is -0.611. The number of amides is 1. The highest BCUT2D eigenvalue weighted by molar-refractivity contribution is 5.85. The molecule has 8 heteroatoms. The lowest BCUT2D eigenvalue weighted by Crippen LogP contribution is -2.51. The molecule has 0 spiro atoms. The first kappa shape index (κ1) is 23.2. The third-order valence-corrected chi connectivity index (χ3v) is 3.03. The van der Waals surface area contributed by atoms with Gasteiger partial charge in [0, 0.05) is 33.3 Å². The molecule has 6 nitrogen and oxygen atoms in total. The van der Waals surface area contributed by atoms with Crippen LogP contribution in [0.15, 0.2) is 0 Å². The topological polar surface area (TPSA) is 76.8 Å². The van der Waals surface area contributed by atoms with Crippen molar-refractivity contribution >= 4 is 30.7 Å². The summed E-state index contributed by atoms with van der Waals surface area (Å²) in [6, 6.07) is -0.611. The summed E-state index contributed by atoms with van der Waals surface area (Å²) < 4.78 is 10.5. The summed E-state index contributed by atoms with van der Waals surface area (Å²) in [5.41, 5.74) is 5.65. The van der Waals surface area contributed by atoms with Gasteiger partial charge in [-0.1, -0.05) is 13.8 Å². The van der Waals surface area contributed by atoms with Gasteiger partial charge in [-0.05, 0) is 5.92 Å². The van der Waals surface area contributed by atoms with Crippen LogP contribution in [-0.2, 0) is 14.3 Å². The van der Waals surface area contributed by atoms with E-state index in [1.807, 2.05) is 0 Å². The Morgan fingerprint density at radius 3 is 2.71 bits per heavy atom. The molecule has 1 aliphatic heterocycles. The highest BCUT2D eigenvalue weighted by Crippen LogP contribution is 2.07. The van der Waals surface area contributed by atoms with Crippen LogP contribution in [-0.4, -0.2) is 69.5 Å². The van der Waals surface area contributed by atoms with E-state index in [1.165, 1.54) is 7.11 Å². The fraction of sp³-hybridized carbons (Fsp3) is 0.923. The van der Waals surface area contributed by atoms with Crippen LogP contribution in [0, 0.1) is 5.92 Å². The quantitative estimate of drug-likeness (QED) is 0.692. The van der Waals surface area contributed by atoms with Crippen molar-refractivity contribution in [1.29, 1.82) is 0 Å². The lowest BCUT2D eigenvalue weighted by atomic mass is 10.2. The first-order valence-electron chi connectivity index (χ1n) is 6.89. The molecule has 1 saturated heterocycles. The Morgan fingerprint density at radius 2 is 2.14 bits per heavy atom. The molecule has 1 aliphatic rings. The van der Waals surface area contributed by atoms with Crippen molar-refractivity contribution in [2.45, 2.75) is 26.0 Å². The SMILES string of the molecule is COCC(N)C(=O)NCC1CN(CC(C)C)CCO1.Cl.Cl. The second kappa shape index (κ2) is 12.4. The molecule has 0 aromatic carbocycles. The van der Waals surface area contributed by atoms with Gasteiger partial charge in [-0.3, -0.25) is 9.69 Å². The Bertz CT molecular complexity index is 283. The van der Waals surface area contributed by atoms with E-state index in [2.05, 4.69) is 24.1 Å². The molecule has 0 saturated carbocycles. The molecule has 0 aromatic rings. The van der Waals surface area contributed by atoms with E-state index in [1.54, 1.807) is 0 Å². The number of ether oxygens (including phenoxy) is 2. The van der Waals surface area contributed by atoms with E-state index in [9.17, 15) is 4.79 Å². The molecule has 0 aromatic heterocycles. The second-order valence-electron chi connectivity index (χ2n) is 5.45. The van der Waals surface area contributed by atoms with Crippen molar-refractivity contribution in [2.24, 2.45) is 11.7 Å². The Kier molecular flexibility index (Phi) is 13.7. The summed E-state index contributed by atoms with van der Waals surface area (Å²) in [7, 11) is 1.53. The molecule has 1 rings (SSSR count). The van der Waals surface area contributed by atoms with Gasteiger partial charge in [-0.15, -0.1) is 24.8 Å². The third kappa shape index (κ3) is 9.50. The highest BCUT2D eigenvalue weighted by atomic mass is 35.5. The number of morpholine rings is 1. The Balaban J connectivity index is 0. The fourth-order valence-electron chi connectivity index (χ4n) is 2.19. The maximum Gasteiger partial charge on any atom is 0.239 e. The number of hydrogen-bond acceptors (Lipinski definition) is 5. The predicted octanol–water partition coefficient (Wildman–Crippen LogP) is 0.277. The number of rotatable bonds is 7. The van der Waals surface area contributed by atoms with Gasteiger partial charge in [0.2, 0.25) is 5.91 Å². The maximum absolute atomic E-state index is 11.6. The second-order valence-corrected chi connectivity index (χ2v) is 5.45. The van der Waals surface area contributed by atoms with Gasteiger partial charge in [0.25, 0.3) is 0 Å². The number of carbonyl (C=O) groups excluding carboxylic acids is 1. The first-order chi connectivity index (χ1) is 9.02. The predicted molar refractivity (Wildman–Crippen MR) is 88.4 cm³/mol. The third-order valence-electron chi connectivity index (χ3n) is 3.03. The van der Waals surface area contributed by atoms with Crippen LogP contribution in [0.25, 0.3) is 0 Å². The number of nitrogens with two attached hydrogens (primary N) is 1. The zero-order valence-corrected chi connectivity index (χ0v) is 14.7. The summed E-state index contributed by atoms with van der Waals surface area (Å²) in [6.07, 6.45) is 0.0474. The maximum atomic E-state index is 11.6. The number of methoxy groups -OCH3 is 1. The average molecular weight is 346 g/mol. The number of hydrogen-bond donors (Lipinski definition) is 2. The minimum Gasteiger partial charge on any atom is -0.383 e. The van der Waals surface area contributed by atoms with E-state index < -0.39 is 6.04 Å². The number of nitrogens with zero attached hydrogens (tertiary/aromatic N) is 1. The lowest BCUT2D eigenvalue weighted by Gasteiger charge is -2.34. The van der Waals surface area contributed by atoms with E-state index >= 15 is 0 Å². The average Bonchev–Trinajstić information content (AvgIpc) is 2.36. The number of halogens is 2. The molecule has 0 bridgehead atoms. The van der Waals surface area contributed by atoms with E-state index in [-0.39, 0.29) is 43.4 Å². The van der Waals surface area contributed by atoms with Crippen molar-refractivity contribution in [2.75, 3.05) is 46.5 Å². The monoisotopic (exact) mass is 345 g/mol. The minimum absolute atomic E-state index is 0. The summed E-state index contributed by atoms with van der Waals surface area (Å²) in [4.78, 5) is 14.0. The number of nitrogens with one attached hydrogen (secondary N) is 1. The normalized spacial score (nSPS) is 20.3. The molecular formula is C13H29Cl2N3O3. The molecule has 2 unspecified atom stereocenters. The fourth-order valence-corrected chi connectivity index (χ4v) is 2.19. The molecule has 1 fully saturated rings. The van der Waals surface area contributed by atoms with Crippen LogP contribution in [0.3, 0.4) is 0 Å². The van der Waals surface area contributed by atoms with Gasteiger partial charge in [0.1, 0.15) is 6.04 Å².